The van der Waals surface area contributed by atoms with Crippen molar-refractivity contribution in [2.75, 3.05) is 6.54 Å². The molecule has 1 aliphatic rings. The van der Waals surface area contributed by atoms with Gasteiger partial charge in [0.05, 0.1) is 34.6 Å². The van der Waals surface area contributed by atoms with E-state index < -0.39 is 5.60 Å². The third-order valence-electron chi connectivity index (χ3n) is 6.72. The van der Waals surface area contributed by atoms with Crippen LogP contribution in [0.25, 0.3) is 33.3 Å². The molecule has 1 aliphatic heterocycles. The van der Waals surface area contributed by atoms with Crippen molar-refractivity contribution in [2.24, 2.45) is 0 Å². The molecule has 206 valence electrons. The molecule has 5 aromatic rings. The molecule has 0 saturated carbocycles. The molecule has 0 aliphatic carbocycles. The number of rotatable bonds is 4. The number of fused-ring (bicyclic) bond motifs is 2. The monoisotopic (exact) mass is 559 g/mol. The second-order valence-electron chi connectivity index (χ2n) is 11.0. The van der Waals surface area contributed by atoms with Gasteiger partial charge in [0, 0.05) is 24.4 Å². The van der Waals surface area contributed by atoms with E-state index in [1.165, 1.54) is 0 Å². The second kappa shape index (κ2) is 10.1. The van der Waals surface area contributed by atoms with Crippen LogP contribution in [0.1, 0.15) is 52.0 Å². The van der Waals surface area contributed by atoms with Gasteiger partial charge in [-0.15, -0.1) is 0 Å². The molecule has 11 heteroatoms. The number of hydrogen-bond acceptors (Lipinski definition) is 7. The minimum Gasteiger partial charge on any atom is -0.456 e. The number of nitrogens with zero attached hydrogens (tertiary/aromatic N) is 6. The molecule has 1 fully saturated rings. The van der Waals surface area contributed by atoms with Crippen LogP contribution in [0.5, 0.6) is 11.5 Å². The number of carbonyl (C=O) groups excluding carboxylic acids is 1. The number of carbonyl (C=O) groups is 1. The molecule has 3 aromatic heterocycles. The minimum atomic E-state index is -0.568. The molecule has 1 saturated heterocycles. The Kier molecular flexibility index (Phi) is 6.58. The lowest BCUT2D eigenvalue weighted by Crippen LogP contribution is -2.44. The Bertz CT molecular complexity index is 1720. The van der Waals surface area contributed by atoms with Gasteiger partial charge in [-0.25, -0.2) is 19.4 Å². The highest BCUT2D eigenvalue weighted by Gasteiger charge is 2.32. The summed E-state index contributed by atoms with van der Waals surface area (Å²) in [5.74, 6) is 1.94. The molecule has 1 unspecified atom stereocenters. The zero-order valence-corrected chi connectivity index (χ0v) is 23.6. The summed E-state index contributed by atoms with van der Waals surface area (Å²) in [4.78, 5) is 31.7. The number of nitrogens with one attached hydrogen (secondary N) is 1. The number of H-pyrrole nitrogens is 1. The Balaban J connectivity index is 1.27. The molecular weight excluding hydrogens is 530 g/mol. The van der Waals surface area contributed by atoms with Crippen molar-refractivity contribution in [1.82, 2.24) is 34.6 Å². The number of piperidine rings is 1. The van der Waals surface area contributed by atoms with Crippen LogP contribution in [0.3, 0.4) is 0 Å². The molecule has 0 spiro atoms. The van der Waals surface area contributed by atoms with E-state index in [1.54, 1.807) is 28.0 Å². The fourth-order valence-electron chi connectivity index (χ4n) is 4.91. The van der Waals surface area contributed by atoms with Gasteiger partial charge in [0.15, 0.2) is 0 Å². The predicted octanol–water partition coefficient (Wildman–Crippen LogP) is 7.04. The number of hydrogen-bond donors (Lipinski definition) is 1. The van der Waals surface area contributed by atoms with E-state index >= 15 is 0 Å². The highest BCUT2D eigenvalue weighted by atomic mass is 35.5. The van der Waals surface area contributed by atoms with E-state index in [1.807, 2.05) is 58.2 Å². The molecule has 1 N–H and O–H groups in total. The van der Waals surface area contributed by atoms with Crippen LogP contribution in [0.4, 0.5) is 4.79 Å². The molecule has 2 aromatic carbocycles. The number of halogens is 1. The first-order chi connectivity index (χ1) is 19.1. The Morgan fingerprint density at radius 2 is 1.93 bits per heavy atom. The van der Waals surface area contributed by atoms with Crippen molar-refractivity contribution >= 4 is 39.8 Å². The van der Waals surface area contributed by atoms with Gasteiger partial charge in [0.2, 0.25) is 0 Å². The molecule has 1 amide bonds. The van der Waals surface area contributed by atoms with Gasteiger partial charge < -0.3 is 14.5 Å². The lowest BCUT2D eigenvalue weighted by atomic mass is 10.1. The van der Waals surface area contributed by atoms with Crippen molar-refractivity contribution in [3.05, 3.63) is 59.8 Å². The molecule has 4 heterocycles. The Morgan fingerprint density at radius 3 is 2.75 bits per heavy atom. The summed E-state index contributed by atoms with van der Waals surface area (Å²) in [5.41, 5.74) is 3.75. The van der Waals surface area contributed by atoms with Crippen molar-refractivity contribution in [2.45, 2.75) is 58.7 Å². The SMILES string of the molecule is Cc1nc2ccc(Oc3ccc4ncc(-c5cnn(C6CCCCN6C(=O)OC(C)(C)C)c5)nc4c3Cl)cc2[nH]1. The van der Waals surface area contributed by atoms with Crippen LogP contribution in [-0.4, -0.2) is 52.9 Å². The molecule has 0 radical (unpaired) electrons. The van der Waals surface area contributed by atoms with Gasteiger partial charge in [-0.05, 0) is 71.2 Å². The predicted molar refractivity (Wildman–Crippen MR) is 153 cm³/mol. The summed E-state index contributed by atoms with van der Waals surface area (Å²) in [6, 6.07) is 9.25. The highest BCUT2D eigenvalue weighted by molar-refractivity contribution is 6.36. The van der Waals surface area contributed by atoms with Crippen molar-refractivity contribution in [3.63, 3.8) is 0 Å². The number of amides is 1. The normalized spacial score (nSPS) is 16.0. The van der Waals surface area contributed by atoms with E-state index in [9.17, 15) is 4.79 Å². The topological polar surface area (TPSA) is 111 Å². The molecule has 40 heavy (non-hydrogen) atoms. The molecular formula is C29H30ClN7O3. The maximum absolute atomic E-state index is 12.9. The summed E-state index contributed by atoms with van der Waals surface area (Å²) in [6.07, 6.45) is 7.47. The van der Waals surface area contributed by atoms with E-state index in [2.05, 4.69) is 20.1 Å². The summed E-state index contributed by atoms with van der Waals surface area (Å²) in [7, 11) is 0. The van der Waals surface area contributed by atoms with Crippen LogP contribution < -0.4 is 4.74 Å². The van der Waals surface area contributed by atoms with E-state index in [-0.39, 0.29) is 12.3 Å². The fourth-order valence-corrected chi connectivity index (χ4v) is 5.15. The van der Waals surface area contributed by atoms with Crippen LogP contribution in [0.2, 0.25) is 5.02 Å². The third-order valence-corrected chi connectivity index (χ3v) is 7.08. The summed E-state index contributed by atoms with van der Waals surface area (Å²) < 4.78 is 13.6. The summed E-state index contributed by atoms with van der Waals surface area (Å²) in [6.45, 7) is 8.14. The number of ether oxygens (including phenoxy) is 2. The first-order valence-corrected chi connectivity index (χ1v) is 13.7. The fraction of sp³-hybridized carbons (Fsp3) is 0.345. The Morgan fingerprint density at radius 1 is 1.10 bits per heavy atom. The largest absolute Gasteiger partial charge is 0.456 e. The van der Waals surface area contributed by atoms with E-state index in [0.29, 0.717) is 39.8 Å². The maximum atomic E-state index is 12.9. The van der Waals surface area contributed by atoms with Gasteiger partial charge in [-0.3, -0.25) is 9.88 Å². The molecule has 0 bridgehead atoms. The first-order valence-electron chi connectivity index (χ1n) is 13.3. The number of aromatic nitrogens is 6. The van der Waals surface area contributed by atoms with Crippen LogP contribution in [0, 0.1) is 6.92 Å². The summed E-state index contributed by atoms with van der Waals surface area (Å²) in [5, 5.41) is 4.95. The van der Waals surface area contributed by atoms with Gasteiger partial charge >= 0.3 is 6.09 Å². The van der Waals surface area contributed by atoms with Crippen molar-refractivity contribution < 1.29 is 14.3 Å². The number of aromatic amines is 1. The van der Waals surface area contributed by atoms with Crippen molar-refractivity contribution in [3.8, 4) is 22.8 Å². The second-order valence-corrected chi connectivity index (χ2v) is 11.3. The van der Waals surface area contributed by atoms with Gasteiger partial charge in [0.1, 0.15) is 39.6 Å². The average Bonchev–Trinajstić information content (AvgIpc) is 3.55. The number of aryl methyl sites for hydroxylation is 1. The van der Waals surface area contributed by atoms with Gasteiger partial charge in [-0.1, -0.05) is 11.6 Å². The number of imidazole rings is 1. The zero-order valence-electron chi connectivity index (χ0n) is 22.8. The molecule has 6 rings (SSSR count). The van der Waals surface area contributed by atoms with E-state index in [4.69, 9.17) is 26.1 Å². The standard InChI is InChI=1S/C29H30ClN7O3/c1-17-33-20-9-8-19(13-22(20)34-17)39-24-11-10-21-27(26(24)30)35-23(15-31-21)18-14-32-37(16-18)25-7-5-6-12-36(25)28(38)40-29(2,3)4/h8-11,13-16,25H,5-7,12H2,1-4H3,(H,33,34). The molecule has 1 atom stereocenters. The van der Waals surface area contributed by atoms with Crippen LogP contribution >= 0.6 is 11.6 Å². The van der Waals surface area contributed by atoms with Gasteiger partial charge in [-0.2, -0.15) is 5.10 Å². The third kappa shape index (κ3) is 5.19. The highest BCUT2D eigenvalue weighted by Crippen LogP contribution is 2.36. The first kappa shape index (κ1) is 26.1. The smallest absolute Gasteiger partial charge is 0.411 e. The average molecular weight is 560 g/mol. The Hall–Kier alpha value is -4.18. The van der Waals surface area contributed by atoms with Gasteiger partial charge in [0.25, 0.3) is 0 Å². The van der Waals surface area contributed by atoms with Crippen LogP contribution in [0.15, 0.2) is 48.9 Å². The zero-order chi connectivity index (χ0) is 28.0. The lowest BCUT2D eigenvalue weighted by Gasteiger charge is -2.36. The maximum Gasteiger partial charge on any atom is 0.411 e. The summed E-state index contributed by atoms with van der Waals surface area (Å²) >= 11 is 6.78. The lowest BCUT2D eigenvalue weighted by molar-refractivity contribution is -0.00344. The Labute approximate surface area is 236 Å². The quantitative estimate of drug-likeness (QED) is 0.251. The number of benzene rings is 2. The molecule has 10 nitrogen and oxygen atoms in total. The minimum absolute atomic E-state index is 0.231. The van der Waals surface area contributed by atoms with Crippen molar-refractivity contribution in [1.29, 1.82) is 0 Å². The van der Waals surface area contributed by atoms with E-state index in [0.717, 1.165) is 41.7 Å². The number of likely N-dealkylation sites (tertiary alicyclic amines) is 1. The van der Waals surface area contributed by atoms with Crippen LogP contribution in [-0.2, 0) is 4.74 Å².